The lowest BCUT2D eigenvalue weighted by molar-refractivity contribution is -0.150. The predicted octanol–water partition coefficient (Wildman–Crippen LogP) is 12.5. The second-order valence-corrected chi connectivity index (χ2v) is 16.2. The lowest BCUT2D eigenvalue weighted by Gasteiger charge is -2.22. The number of ether oxygens (including phenoxy) is 2. The van der Waals surface area contributed by atoms with Crippen LogP contribution in [0.4, 0.5) is 0 Å². The molecule has 0 radical (unpaired) electrons. The van der Waals surface area contributed by atoms with Gasteiger partial charge in [-0.15, -0.1) is 0 Å². The molecule has 0 amide bonds. The molecule has 51 heavy (non-hydrogen) atoms. The fraction of sp³-hybridized carbons (Fsp3) is 0.978. The second kappa shape index (κ2) is 36.3. The van der Waals surface area contributed by atoms with E-state index in [9.17, 15) is 15.0 Å². The van der Waals surface area contributed by atoms with Crippen molar-refractivity contribution in [3.63, 3.8) is 0 Å². The van der Waals surface area contributed by atoms with Crippen LogP contribution in [0.3, 0.4) is 0 Å². The van der Waals surface area contributed by atoms with Gasteiger partial charge in [0.1, 0.15) is 6.10 Å². The first-order valence-corrected chi connectivity index (χ1v) is 22.9. The third kappa shape index (κ3) is 31.4. The molecule has 0 saturated heterocycles. The fourth-order valence-corrected chi connectivity index (χ4v) is 7.53. The third-order valence-corrected chi connectivity index (χ3v) is 11.1. The van der Waals surface area contributed by atoms with Crippen LogP contribution in [0.15, 0.2) is 0 Å². The van der Waals surface area contributed by atoms with Gasteiger partial charge in [0.25, 0.3) is 0 Å². The molecule has 6 nitrogen and oxygen atoms in total. The standard InChI is InChI=1S/C45H89NO5/c1-4-7-10-13-17-23-30-42(31-24-18-14-11-8-5-2)50-44(48)33-26-20-16-21-28-37-46(39-40-47)38-29-22-27-34-45(49)51-43(41-35-36-41)32-25-19-15-12-9-6-3/h41-44,47-48H,4-40H2,1-3H3. The number of rotatable bonds is 41. The Labute approximate surface area is 318 Å². The summed E-state index contributed by atoms with van der Waals surface area (Å²) >= 11 is 0. The SMILES string of the molecule is CCCCCCCCC(CCCCCCCC)OC(O)CCCCCCCN(CCO)CCCCCC(=O)OC(CCCCCCCC)C1CC1. The normalized spacial score (nSPS) is 14.5. The van der Waals surface area contributed by atoms with Crippen LogP contribution in [-0.4, -0.2) is 65.8 Å². The van der Waals surface area contributed by atoms with Gasteiger partial charge in [-0.25, -0.2) is 0 Å². The molecule has 2 unspecified atom stereocenters. The van der Waals surface area contributed by atoms with E-state index in [1.807, 2.05) is 0 Å². The van der Waals surface area contributed by atoms with Crippen molar-refractivity contribution in [2.75, 3.05) is 26.2 Å². The lowest BCUT2D eigenvalue weighted by Crippen LogP contribution is -2.29. The van der Waals surface area contributed by atoms with Crippen molar-refractivity contribution in [2.45, 2.75) is 251 Å². The maximum Gasteiger partial charge on any atom is 0.306 e. The van der Waals surface area contributed by atoms with Crippen molar-refractivity contribution in [1.82, 2.24) is 4.90 Å². The van der Waals surface area contributed by atoms with E-state index in [4.69, 9.17) is 9.47 Å². The summed E-state index contributed by atoms with van der Waals surface area (Å²) in [5, 5.41) is 20.3. The van der Waals surface area contributed by atoms with Gasteiger partial charge in [-0.05, 0) is 89.6 Å². The van der Waals surface area contributed by atoms with Crippen LogP contribution in [0.5, 0.6) is 0 Å². The number of aliphatic hydroxyl groups excluding tert-OH is 2. The van der Waals surface area contributed by atoms with Gasteiger partial charge in [0.2, 0.25) is 0 Å². The Morgan fingerprint density at radius 3 is 1.49 bits per heavy atom. The Hall–Kier alpha value is -0.690. The third-order valence-electron chi connectivity index (χ3n) is 11.1. The van der Waals surface area contributed by atoms with Gasteiger partial charge in [-0.1, -0.05) is 156 Å². The number of aliphatic hydroxyl groups is 2. The largest absolute Gasteiger partial charge is 0.462 e. The molecule has 0 aromatic rings. The molecule has 0 spiro atoms. The van der Waals surface area contributed by atoms with Gasteiger partial charge in [0.15, 0.2) is 6.29 Å². The van der Waals surface area contributed by atoms with Crippen molar-refractivity contribution in [3.8, 4) is 0 Å². The molecule has 0 aromatic carbocycles. The number of hydrogen-bond donors (Lipinski definition) is 2. The highest BCUT2D eigenvalue weighted by molar-refractivity contribution is 5.69. The Kier molecular flexibility index (Phi) is 34.4. The summed E-state index contributed by atoms with van der Waals surface area (Å²) in [4.78, 5) is 14.9. The predicted molar refractivity (Wildman–Crippen MR) is 217 cm³/mol. The van der Waals surface area contributed by atoms with E-state index in [0.717, 1.165) is 83.8 Å². The summed E-state index contributed by atoms with van der Waals surface area (Å²) in [6.45, 7) is 9.73. The Balaban J connectivity index is 2.16. The van der Waals surface area contributed by atoms with Crippen molar-refractivity contribution in [3.05, 3.63) is 0 Å². The van der Waals surface area contributed by atoms with Crippen LogP contribution in [0, 0.1) is 5.92 Å². The smallest absolute Gasteiger partial charge is 0.306 e. The van der Waals surface area contributed by atoms with Gasteiger partial charge < -0.3 is 24.6 Å². The first kappa shape index (κ1) is 48.3. The van der Waals surface area contributed by atoms with E-state index in [1.54, 1.807) is 0 Å². The molecule has 2 atom stereocenters. The van der Waals surface area contributed by atoms with E-state index in [0.29, 0.717) is 12.3 Å². The highest BCUT2D eigenvalue weighted by Crippen LogP contribution is 2.37. The number of hydrogen-bond acceptors (Lipinski definition) is 6. The molecule has 1 saturated carbocycles. The van der Waals surface area contributed by atoms with Crippen LogP contribution in [0.25, 0.3) is 0 Å². The molecule has 0 bridgehead atoms. The van der Waals surface area contributed by atoms with Crippen LogP contribution in [0.1, 0.15) is 233 Å². The number of unbranched alkanes of at least 4 members (excludes halogenated alkanes) is 21. The number of carbonyl (C=O) groups is 1. The molecular weight excluding hydrogens is 634 g/mol. The van der Waals surface area contributed by atoms with Gasteiger partial charge in [-0.3, -0.25) is 4.79 Å². The summed E-state index contributed by atoms with van der Waals surface area (Å²) in [6, 6.07) is 0. The van der Waals surface area contributed by atoms with Crippen molar-refractivity contribution in [1.29, 1.82) is 0 Å². The Morgan fingerprint density at radius 1 is 0.569 bits per heavy atom. The van der Waals surface area contributed by atoms with Crippen molar-refractivity contribution >= 4 is 5.97 Å². The maximum atomic E-state index is 12.6. The average Bonchev–Trinajstić information content (AvgIpc) is 3.97. The van der Waals surface area contributed by atoms with Crippen LogP contribution >= 0.6 is 0 Å². The lowest BCUT2D eigenvalue weighted by atomic mass is 10.0. The summed E-state index contributed by atoms with van der Waals surface area (Å²) < 4.78 is 12.2. The van der Waals surface area contributed by atoms with Crippen LogP contribution in [-0.2, 0) is 14.3 Å². The minimum Gasteiger partial charge on any atom is -0.462 e. The molecule has 0 aliphatic heterocycles. The monoisotopic (exact) mass is 724 g/mol. The topological polar surface area (TPSA) is 79.2 Å². The molecule has 0 aromatic heterocycles. The van der Waals surface area contributed by atoms with Gasteiger partial charge in [-0.2, -0.15) is 0 Å². The summed E-state index contributed by atoms with van der Waals surface area (Å²) in [7, 11) is 0. The molecule has 1 rings (SSSR count). The van der Waals surface area contributed by atoms with Gasteiger partial charge in [0, 0.05) is 13.0 Å². The zero-order chi connectivity index (χ0) is 37.0. The van der Waals surface area contributed by atoms with E-state index in [-0.39, 0.29) is 24.8 Å². The zero-order valence-electron chi connectivity index (χ0n) is 34.5. The first-order chi connectivity index (χ1) is 25.0. The average molecular weight is 724 g/mol. The fourth-order valence-electron chi connectivity index (χ4n) is 7.53. The van der Waals surface area contributed by atoms with E-state index < -0.39 is 6.29 Å². The summed E-state index contributed by atoms with van der Waals surface area (Å²) in [6.07, 6.45) is 38.8. The van der Waals surface area contributed by atoms with E-state index >= 15 is 0 Å². The molecule has 1 aliphatic rings. The highest BCUT2D eigenvalue weighted by Gasteiger charge is 2.33. The molecule has 6 heteroatoms. The van der Waals surface area contributed by atoms with Crippen LogP contribution in [0.2, 0.25) is 0 Å². The Bertz CT molecular complexity index is 715. The molecule has 1 aliphatic carbocycles. The summed E-state index contributed by atoms with van der Waals surface area (Å²) in [5.74, 6) is 0.624. The summed E-state index contributed by atoms with van der Waals surface area (Å²) in [5.41, 5.74) is 0. The number of carbonyl (C=O) groups excluding carboxylic acids is 1. The second-order valence-electron chi connectivity index (χ2n) is 16.2. The Morgan fingerprint density at radius 2 is 1.00 bits per heavy atom. The highest BCUT2D eigenvalue weighted by atomic mass is 16.6. The van der Waals surface area contributed by atoms with Crippen molar-refractivity contribution in [2.24, 2.45) is 5.92 Å². The minimum absolute atomic E-state index is 0.00493. The molecule has 304 valence electrons. The number of nitrogens with zero attached hydrogens (tertiary/aromatic N) is 1. The first-order valence-electron chi connectivity index (χ1n) is 22.9. The maximum absolute atomic E-state index is 12.6. The zero-order valence-corrected chi connectivity index (χ0v) is 34.5. The number of esters is 1. The van der Waals surface area contributed by atoms with Crippen LogP contribution < -0.4 is 0 Å². The molecule has 1 fully saturated rings. The quantitative estimate of drug-likeness (QED) is 0.0371. The van der Waals surface area contributed by atoms with E-state index in [1.165, 1.54) is 141 Å². The molecule has 0 heterocycles. The van der Waals surface area contributed by atoms with Gasteiger partial charge >= 0.3 is 5.97 Å². The van der Waals surface area contributed by atoms with Crippen molar-refractivity contribution < 1.29 is 24.5 Å². The van der Waals surface area contributed by atoms with Gasteiger partial charge in [0.05, 0.1) is 12.7 Å². The van der Waals surface area contributed by atoms with E-state index in [2.05, 4.69) is 25.7 Å². The molecular formula is C45H89NO5. The molecule has 2 N–H and O–H groups in total. The minimum atomic E-state index is -0.623.